The minimum Gasteiger partial charge on any atom is -0.463 e. The van der Waals surface area contributed by atoms with Gasteiger partial charge in [0.2, 0.25) is 0 Å². The molecule has 1 amide bonds. The normalized spacial score (nSPS) is 10.8. The van der Waals surface area contributed by atoms with E-state index in [1.807, 2.05) is 12.1 Å². The van der Waals surface area contributed by atoms with Gasteiger partial charge in [-0.2, -0.15) is 5.10 Å². The van der Waals surface area contributed by atoms with Gasteiger partial charge in [-0.15, -0.1) is 0 Å². The first-order chi connectivity index (χ1) is 13.6. The van der Waals surface area contributed by atoms with Crippen LogP contribution in [0.2, 0.25) is 10.0 Å². The van der Waals surface area contributed by atoms with Crippen LogP contribution in [0.25, 0.3) is 17.1 Å². The molecule has 0 aliphatic carbocycles. The first-order valence-corrected chi connectivity index (χ1v) is 9.14. The lowest BCUT2D eigenvalue weighted by molar-refractivity contribution is 0.0943. The van der Waals surface area contributed by atoms with Crippen LogP contribution >= 0.6 is 23.2 Å². The maximum absolute atomic E-state index is 12.9. The number of carbonyl (C=O) groups is 1. The van der Waals surface area contributed by atoms with Crippen LogP contribution in [0.5, 0.6) is 0 Å². The Morgan fingerprint density at radius 3 is 2.71 bits per heavy atom. The number of halogens is 2. The predicted molar refractivity (Wildman–Crippen MR) is 107 cm³/mol. The van der Waals surface area contributed by atoms with Crippen molar-refractivity contribution in [2.45, 2.75) is 6.54 Å². The number of rotatable bonds is 5. The number of carbonyl (C=O) groups excluding carboxylic acids is 1. The molecule has 8 heteroatoms. The van der Waals surface area contributed by atoms with Crippen LogP contribution in [0, 0.1) is 0 Å². The van der Waals surface area contributed by atoms with E-state index in [2.05, 4.69) is 15.4 Å². The van der Waals surface area contributed by atoms with E-state index in [4.69, 9.17) is 27.6 Å². The number of nitrogens with one attached hydrogen (secondary N) is 1. The van der Waals surface area contributed by atoms with Crippen LogP contribution in [0.15, 0.2) is 71.6 Å². The molecule has 28 heavy (non-hydrogen) atoms. The zero-order chi connectivity index (χ0) is 19.5. The third kappa shape index (κ3) is 3.78. The lowest BCUT2D eigenvalue weighted by atomic mass is 10.2. The molecule has 0 radical (unpaired) electrons. The Kier molecular flexibility index (Phi) is 5.14. The molecule has 4 aromatic rings. The van der Waals surface area contributed by atoms with E-state index in [1.165, 1.54) is 4.68 Å². The van der Waals surface area contributed by atoms with Gasteiger partial charge in [0, 0.05) is 25.0 Å². The SMILES string of the molecule is O=C(NCc1cccnc1)c1cc(-c2ccco2)nn1-c1ccc(Cl)c(Cl)c1. The minimum absolute atomic E-state index is 0.291. The van der Waals surface area contributed by atoms with Crippen molar-refractivity contribution in [3.63, 3.8) is 0 Å². The number of benzene rings is 1. The van der Waals surface area contributed by atoms with Gasteiger partial charge in [-0.1, -0.05) is 29.3 Å². The summed E-state index contributed by atoms with van der Waals surface area (Å²) in [6.07, 6.45) is 4.93. The first kappa shape index (κ1) is 18.3. The first-order valence-electron chi connectivity index (χ1n) is 8.38. The average Bonchev–Trinajstić information content (AvgIpc) is 3.39. The number of furan rings is 1. The molecule has 0 atom stereocenters. The molecule has 0 saturated heterocycles. The van der Waals surface area contributed by atoms with Gasteiger partial charge in [0.15, 0.2) is 5.76 Å². The molecule has 0 aliphatic heterocycles. The molecule has 3 heterocycles. The number of aromatic nitrogens is 3. The molecule has 0 spiro atoms. The number of amides is 1. The lowest BCUT2D eigenvalue weighted by Gasteiger charge is -2.09. The summed E-state index contributed by atoms with van der Waals surface area (Å²) in [5.74, 6) is 0.264. The van der Waals surface area contributed by atoms with Gasteiger partial charge in [-0.25, -0.2) is 4.68 Å². The molecule has 0 aliphatic rings. The molecule has 0 fully saturated rings. The summed E-state index contributed by atoms with van der Waals surface area (Å²) in [6.45, 7) is 0.343. The lowest BCUT2D eigenvalue weighted by Crippen LogP contribution is -2.25. The second-order valence-electron chi connectivity index (χ2n) is 5.95. The van der Waals surface area contributed by atoms with E-state index in [1.54, 1.807) is 55.1 Å². The molecule has 1 N–H and O–H groups in total. The Balaban J connectivity index is 1.69. The van der Waals surface area contributed by atoms with Crippen molar-refractivity contribution in [1.29, 1.82) is 0 Å². The molecule has 4 rings (SSSR count). The fourth-order valence-corrected chi connectivity index (χ4v) is 2.97. The highest BCUT2D eigenvalue weighted by Gasteiger charge is 2.19. The van der Waals surface area contributed by atoms with Crippen molar-refractivity contribution in [1.82, 2.24) is 20.1 Å². The predicted octanol–water partition coefficient (Wildman–Crippen LogP) is 4.76. The van der Waals surface area contributed by atoms with Crippen molar-refractivity contribution < 1.29 is 9.21 Å². The summed E-state index contributed by atoms with van der Waals surface area (Å²) >= 11 is 12.2. The maximum atomic E-state index is 12.9. The van der Waals surface area contributed by atoms with E-state index in [-0.39, 0.29) is 5.91 Å². The van der Waals surface area contributed by atoms with Crippen LogP contribution in [0.1, 0.15) is 16.1 Å². The quantitative estimate of drug-likeness (QED) is 0.512. The van der Waals surface area contributed by atoms with Gasteiger partial charge in [0.1, 0.15) is 11.4 Å². The third-order valence-electron chi connectivity index (χ3n) is 4.04. The van der Waals surface area contributed by atoms with Crippen molar-refractivity contribution >= 4 is 29.1 Å². The van der Waals surface area contributed by atoms with E-state index >= 15 is 0 Å². The number of hydrogen-bond acceptors (Lipinski definition) is 4. The summed E-state index contributed by atoms with van der Waals surface area (Å²) in [5.41, 5.74) is 2.37. The summed E-state index contributed by atoms with van der Waals surface area (Å²) in [4.78, 5) is 16.9. The van der Waals surface area contributed by atoms with Gasteiger partial charge in [0.05, 0.1) is 22.0 Å². The maximum Gasteiger partial charge on any atom is 0.270 e. The fraction of sp³-hybridized carbons (Fsp3) is 0.0500. The van der Waals surface area contributed by atoms with E-state index in [0.717, 1.165) is 5.56 Å². The van der Waals surface area contributed by atoms with Crippen molar-refractivity contribution in [3.05, 3.63) is 88.5 Å². The summed E-state index contributed by atoms with van der Waals surface area (Å²) < 4.78 is 6.93. The molecule has 3 aromatic heterocycles. The number of hydrogen-bond donors (Lipinski definition) is 1. The summed E-state index contributed by atoms with van der Waals surface area (Å²) in [7, 11) is 0. The largest absolute Gasteiger partial charge is 0.463 e. The highest BCUT2D eigenvalue weighted by molar-refractivity contribution is 6.42. The van der Waals surface area contributed by atoms with Gasteiger partial charge in [0.25, 0.3) is 5.91 Å². The Bertz CT molecular complexity index is 1110. The second kappa shape index (κ2) is 7.88. The van der Waals surface area contributed by atoms with Gasteiger partial charge >= 0.3 is 0 Å². The highest BCUT2D eigenvalue weighted by Crippen LogP contribution is 2.27. The Labute approximate surface area is 170 Å². The molecule has 140 valence electrons. The Morgan fingerprint density at radius 2 is 2.00 bits per heavy atom. The average molecular weight is 413 g/mol. The molecule has 6 nitrogen and oxygen atoms in total. The zero-order valence-corrected chi connectivity index (χ0v) is 16.0. The third-order valence-corrected chi connectivity index (χ3v) is 4.78. The molecular formula is C20H14Cl2N4O2. The number of nitrogens with zero attached hydrogens (tertiary/aromatic N) is 3. The van der Waals surface area contributed by atoms with Crippen LogP contribution in [0.4, 0.5) is 0 Å². The van der Waals surface area contributed by atoms with Crippen LogP contribution < -0.4 is 5.32 Å². The molecule has 0 bridgehead atoms. The van der Waals surface area contributed by atoms with Crippen LogP contribution in [-0.2, 0) is 6.54 Å². The van der Waals surface area contributed by atoms with Crippen molar-refractivity contribution in [2.24, 2.45) is 0 Å². The van der Waals surface area contributed by atoms with Gasteiger partial charge in [-0.05, 0) is 42.0 Å². The van der Waals surface area contributed by atoms with E-state index in [0.29, 0.717) is 39.4 Å². The van der Waals surface area contributed by atoms with Crippen molar-refractivity contribution in [3.8, 4) is 17.1 Å². The van der Waals surface area contributed by atoms with Gasteiger partial charge in [-0.3, -0.25) is 9.78 Å². The smallest absolute Gasteiger partial charge is 0.270 e. The van der Waals surface area contributed by atoms with Gasteiger partial charge < -0.3 is 9.73 Å². The van der Waals surface area contributed by atoms with E-state index < -0.39 is 0 Å². The molecule has 1 aromatic carbocycles. The van der Waals surface area contributed by atoms with Crippen molar-refractivity contribution in [2.75, 3.05) is 0 Å². The minimum atomic E-state index is -0.291. The second-order valence-corrected chi connectivity index (χ2v) is 6.76. The fourth-order valence-electron chi connectivity index (χ4n) is 2.68. The summed E-state index contributed by atoms with van der Waals surface area (Å²) in [5, 5.41) is 8.19. The zero-order valence-electron chi connectivity index (χ0n) is 14.5. The molecular weight excluding hydrogens is 399 g/mol. The standard InChI is InChI=1S/C20H14Cl2N4O2/c21-15-6-5-14(9-16(15)22)26-18(10-17(25-26)19-4-2-8-28-19)20(27)24-12-13-3-1-7-23-11-13/h1-11H,12H2,(H,24,27). The Hall–Kier alpha value is -3.09. The molecule has 0 unspecified atom stereocenters. The Morgan fingerprint density at radius 1 is 1.11 bits per heavy atom. The highest BCUT2D eigenvalue weighted by atomic mass is 35.5. The van der Waals surface area contributed by atoms with E-state index in [9.17, 15) is 4.79 Å². The molecule has 0 saturated carbocycles. The van der Waals surface area contributed by atoms with Crippen LogP contribution in [-0.4, -0.2) is 20.7 Å². The number of pyridine rings is 1. The topological polar surface area (TPSA) is 73.0 Å². The van der Waals surface area contributed by atoms with Crippen LogP contribution in [0.3, 0.4) is 0 Å². The monoisotopic (exact) mass is 412 g/mol. The summed E-state index contributed by atoms with van der Waals surface area (Å²) in [6, 6.07) is 14.0.